The third-order valence-electron chi connectivity index (χ3n) is 0.660. The van der Waals surface area contributed by atoms with Gasteiger partial charge in [0.2, 0.25) is 5.91 Å². The van der Waals surface area contributed by atoms with Crippen molar-refractivity contribution in [2.75, 3.05) is 6.54 Å². The first-order valence-corrected chi connectivity index (χ1v) is 2.65. The predicted octanol–water partition coefficient (Wildman–Crippen LogP) is 0.202. The molecular formula is C6H8N2O. The molecule has 0 spiro atoms. The number of hydrogen-bond acceptors (Lipinski definition) is 2. The Morgan fingerprint density at radius 2 is 2.56 bits per heavy atom. The minimum absolute atomic E-state index is 0.223. The minimum Gasteiger partial charge on any atom is -0.353 e. The maximum Gasteiger partial charge on any atom is 0.244 e. The molecule has 0 aliphatic carbocycles. The summed E-state index contributed by atoms with van der Waals surface area (Å²) < 4.78 is 0. The lowest BCUT2D eigenvalue weighted by Crippen LogP contribution is -2.19. The zero-order valence-electron chi connectivity index (χ0n) is 5.22. The van der Waals surface area contributed by atoms with Gasteiger partial charge in [0.05, 0.1) is 6.07 Å². The summed E-state index contributed by atoms with van der Waals surface area (Å²) in [5, 5.41) is 10.5. The van der Waals surface area contributed by atoms with Gasteiger partial charge in [-0.15, -0.1) is 0 Å². The molecule has 0 rings (SSSR count). The Morgan fingerprint density at radius 1 is 1.89 bits per heavy atom. The lowest BCUT2D eigenvalue weighted by molar-refractivity contribution is -0.116. The maximum atomic E-state index is 10.5. The van der Waals surface area contributed by atoms with E-state index in [2.05, 4.69) is 5.32 Å². The number of allylic oxidation sites excluding steroid dienone is 1. The highest BCUT2D eigenvalue weighted by molar-refractivity contribution is 5.87. The lowest BCUT2D eigenvalue weighted by atomic mass is 10.5. The summed E-state index contributed by atoms with van der Waals surface area (Å²) in [7, 11) is 0. The molecule has 0 aromatic heterocycles. The maximum absolute atomic E-state index is 10.5. The molecule has 3 nitrogen and oxygen atoms in total. The molecule has 1 amide bonds. The summed E-state index contributed by atoms with van der Waals surface area (Å²) in [5.74, 6) is -0.223. The Morgan fingerprint density at radius 3 is 3.00 bits per heavy atom. The second kappa shape index (κ2) is 4.85. The summed E-state index contributed by atoms with van der Waals surface area (Å²) in [4.78, 5) is 10.5. The Kier molecular flexibility index (Phi) is 4.15. The molecule has 9 heavy (non-hydrogen) atoms. The van der Waals surface area contributed by atoms with Crippen LogP contribution >= 0.6 is 0 Å². The number of likely N-dealkylation sites (N-methyl/N-ethyl adjacent to an activating group) is 1. The first kappa shape index (κ1) is 7.70. The highest BCUT2D eigenvalue weighted by Gasteiger charge is 1.86. The van der Waals surface area contributed by atoms with Crippen molar-refractivity contribution in [3.8, 4) is 6.07 Å². The van der Waals surface area contributed by atoms with E-state index in [0.717, 1.165) is 6.08 Å². The van der Waals surface area contributed by atoms with Gasteiger partial charge in [-0.05, 0) is 6.92 Å². The van der Waals surface area contributed by atoms with Gasteiger partial charge in [-0.25, -0.2) is 0 Å². The van der Waals surface area contributed by atoms with Crippen LogP contribution in [0, 0.1) is 11.3 Å². The van der Waals surface area contributed by atoms with Crippen LogP contribution in [0.1, 0.15) is 6.92 Å². The first-order chi connectivity index (χ1) is 4.31. The smallest absolute Gasteiger partial charge is 0.244 e. The first-order valence-electron chi connectivity index (χ1n) is 2.65. The number of nitriles is 1. The van der Waals surface area contributed by atoms with Gasteiger partial charge in [0.1, 0.15) is 0 Å². The van der Waals surface area contributed by atoms with Crippen molar-refractivity contribution >= 4 is 5.91 Å². The molecule has 0 bridgehead atoms. The van der Waals surface area contributed by atoms with E-state index in [1.165, 1.54) is 6.08 Å². The fourth-order valence-corrected chi connectivity index (χ4v) is 0.346. The van der Waals surface area contributed by atoms with Gasteiger partial charge in [-0.2, -0.15) is 5.26 Å². The molecule has 0 aliphatic heterocycles. The molecule has 3 heteroatoms. The average Bonchev–Trinajstić information content (AvgIpc) is 1.85. The summed E-state index contributed by atoms with van der Waals surface area (Å²) in [5.41, 5.74) is 0. The van der Waals surface area contributed by atoms with Crippen molar-refractivity contribution in [1.82, 2.24) is 5.32 Å². The van der Waals surface area contributed by atoms with Crippen LogP contribution in [0.3, 0.4) is 0 Å². The van der Waals surface area contributed by atoms with Crippen LogP contribution in [0.25, 0.3) is 0 Å². The quantitative estimate of drug-likeness (QED) is 0.422. The fourth-order valence-electron chi connectivity index (χ4n) is 0.346. The Hall–Kier alpha value is -1.30. The highest BCUT2D eigenvalue weighted by atomic mass is 16.1. The standard InChI is InChI=1S/C6H8N2O/c1-2-8-6(9)4-3-5-7/h3-4H,2H2,1H3,(H,8,9)/b4-3-. The topological polar surface area (TPSA) is 52.9 Å². The van der Waals surface area contributed by atoms with E-state index in [9.17, 15) is 4.79 Å². The van der Waals surface area contributed by atoms with Gasteiger partial charge >= 0.3 is 0 Å². The molecule has 0 atom stereocenters. The number of hydrogen-bond donors (Lipinski definition) is 1. The zero-order valence-corrected chi connectivity index (χ0v) is 5.22. The fraction of sp³-hybridized carbons (Fsp3) is 0.333. The molecule has 0 saturated carbocycles. The van der Waals surface area contributed by atoms with Gasteiger partial charge in [-0.3, -0.25) is 4.79 Å². The van der Waals surface area contributed by atoms with E-state index in [1.54, 1.807) is 6.07 Å². The summed E-state index contributed by atoms with van der Waals surface area (Å²) >= 11 is 0. The highest BCUT2D eigenvalue weighted by Crippen LogP contribution is 1.69. The molecule has 48 valence electrons. The molecular weight excluding hydrogens is 116 g/mol. The van der Waals surface area contributed by atoms with Gasteiger partial charge in [0.25, 0.3) is 0 Å². The Bertz CT molecular complexity index is 155. The number of nitrogens with one attached hydrogen (secondary N) is 1. The molecule has 0 saturated heterocycles. The van der Waals surface area contributed by atoms with Crippen molar-refractivity contribution in [3.63, 3.8) is 0 Å². The minimum atomic E-state index is -0.223. The summed E-state index contributed by atoms with van der Waals surface area (Å²) in [6.45, 7) is 2.41. The molecule has 0 aliphatic rings. The summed E-state index contributed by atoms with van der Waals surface area (Å²) in [6, 6.07) is 1.72. The molecule has 0 unspecified atom stereocenters. The predicted molar refractivity (Wildman–Crippen MR) is 33.4 cm³/mol. The molecule has 0 aromatic carbocycles. The van der Waals surface area contributed by atoms with Crippen LogP contribution in [0.15, 0.2) is 12.2 Å². The van der Waals surface area contributed by atoms with E-state index < -0.39 is 0 Å². The van der Waals surface area contributed by atoms with Crippen molar-refractivity contribution in [3.05, 3.63) is 12.2 Å². The summed E-state index contributed by atoms with van der Waals surface area (Å²) in [6.07, 6.45) is 2.34. The Labute approximate surface area is 54.0 Å². The third-order valence-corrected chi connectivity index (χ3v) is 0.660. The van der Waals surface area contributed by atoms with Crippen LogP contribution in [-0.4, -0.2) is 12.5 Å². The number of amides is 1. The molecule has 0 aromatic rings. The van der Waals surface area contributed by atoms with Crippen molar-refractivity contribution in [2.24, 2.45) is 0 Å². The van der Waals surface area contributed by atoms with Crippen LogP contribution in [0.5, 0.6) is 0 Å². The molecule has 1 N–H and O–H groups in total. The second-order valence-corrected chi connectivity index (χ2v) is 1.36. The van der Waals surface area contributed by atoms with Crippen molar-refractivity contribution < 1.29 is 4.79 Å². The number of carbonyl (C=O) groups is 1. The normalized spacial score (nSPS) is 8.89. The van der Waals surface area contributed by atoms with E-state index in [1.807, 2.05) is 6.92 Å². The average molecular weight is 124 g/mol. The van der Waals surface area contributed by atoms with E-state index in [0.29, 0.717) is 6.54 Å². The zero-order chi connectivity index (χ0) is 7.11. The van der Waals surface area contributed by atoms with Crippen LogP contribution in [0.2, 0.25) is 0 Å². The van der Waals surface area contributed by atoms with Crippen LogP contribution in [-0.2, 0) is 4.79 Å². The SMILES string of the molecule is CCNC(=O)/C=C\C#N. The Balaban J connectivity index is 3.53. The van der Waals surface area contributed by atoms with Crippen molar-refractivity contribution in [2.45, 2.75) is 6.92 Å². The number of rotatable bonds is 2. The second-order valence-electron chi connectivity index (χ2n) is 1.36. The van der Waals surface area contributed by atoms with Gasteiger partial charge in [-0.1, -0.05) is 0 Å². The van der Waals surface area contributed by atoms with Gasteiger partial charge in [0, 0.05) is 18.7 Å². The van der Waals surface area contributed by atoms with Gasteiger partial charge in [0.15, 0.2) is 0 Å². The van der Waals surface area contributed by atoms with E-state index in [-0.39, 0.29) is 5.91 Å². The molecule has 0 radical (unpaired) electrons. The van der Waals surface area contributed by atoms with Gasteiger partial charge < -0.3 is 5.32 Å². The monoisotopic (exact) mass is 124 g/mol. The molecule has 0 fully saturated rings. The number of nitrogens with zero attached hydrogens (tertiary/aromatic N) is 1. The van der Waals surface area contributed by atoms with Crippen LogP contribution in [0.4, 0.5) is 0 Å². The third kappa shape index (κ3) is 4.56. The molecule has 0 heterocycles. The van der Waals surface area contributed by atoms with E-state index in [4.69, 9.17) is 5.26 Å². The number of carbonyl (C=O) groups excluding carboxylic acids is 1. The largest absolute Gasteiger partial charge is 0.353 e. The van der Waals surface area contributed by atoms with E-state index >= 15 is 0 Å². The van der Waals surface area contributed by atoms with Crippen LogP contribution < -0.4 is 5.32 Å². The lowest BCUT2D eigenvalue weighted by Gasteiger charge is -1.91. The van der Waals surface area contributed by atoms with Crippen molar-refractivity contribution in [1.29, 1.82) is 5.26 Å².